The van der Waals surface area contributed by atoms with Crippen molar-refractivity contribution in [2.75, 3.05) is 5.01 Å². The first-order chi connectivity index (χ1) is 21.6. The van der Waals surface area contributed by atoms with Crippen molar-refractivity contribution in [1.82, 2.24) is 19.7 Å². The molecule has 4 heterocycles. The summed E-state index contributed by atoms with van der Waals surface area (Å²) in [6, 6.07) is 12.2. The van der Waals surface area contributed by atoms with Gasteiger partial charge in [-0.2, -0.15) is 9.69 Å². The Hall–Kier alpha value is -6.12. The number of pyridine rings is 2. The number of hydrogen-bond donors (Lipinski definition) is 5. The van der Waals surface area contributed by atoms with Crippen molar-refractivity contribution in [1.29, 1.82) is 0 Å². The van der Waals surface area contributed by atoms with Gasteiger partial charge in [0.05, 0.1) is 28.1 Å². The summed E-state index contributed by atoms with van der Waals surface area (Å²) in [7, 11) is 0. The van der Waals surface area contributed by atoms with Crippen LogP contribution in [-0.4, -0.2) is 47.1 Å². The van der Waals surface area contributed by atoms with E-state index in [0.717, 1.165) is 4.68 Å². The van der Waals surface area contributed by atoms with E-state index >= 15 is 0 Å². The quantitative estimate of drug-likeness (QED) is 0.135. The molecule has 0 saturated heterocycles. The van der Waals surface area contributed by atoms with Crippen LogP contribution in [0.5, 0.6) is 5.88 Å². The molecule has 45 heavy (non-hydrogen) atoms. The second kappa shape index (κ2) is 11.2. The number of H-pyrrole nitrogens is 2. The maximum Gasteiger partial charge on any atom is 0.335 e. The minimum Gasteiger partial charge on any atom is -0.494 e. The number of allylic oxidation sites excluding steroid dienone is 1. The number of carboxylic acids is 1. The van der Waals surface area contributed by atoms with E-state index in [0.29, 0.717) is 28.1 Å². The standard InChI is InChI=1S/C31H24N6O8/c1-15-21(27(38)32-25-23(15)29(40)36(34-25)19-10-6-17(7-11-19)14-45-44)4-3-5-22-16(2)24-26(33-28(22)39)35-37(30(24)41)20-12-8-18(9-13-20)31(42)43/h3-13,44H,14H2,1-2H3,(H,42,43)(H,32,34,38)(H2,33,35,39)/b5-3+,21-4-. The number of benzene rings is 2. The van der Waals surface area contributed by atoms with Crippen LogP contribution in [0.25, 0.3) is 29.2 Å². The maximum absolute atomic E-state index is 13.3. The first-order valence-corrected chi connectivity index (χ1v) is 13.5. The number of aromatic hydroxyl groups is 1. The van der Waals surface area contributed by atoms with Gasteiger partial charge in [0, 0.05) is 10.8 Å². The average Bonchev–Trinajstić information content (AvgIpc) is 3.52. The van der Waals surface area contributed by atoms with E-state index in [-0.39, 0.29) is 51.3 Å². The molecule has 0 unspecified atom stereocenters. The molecule has 2 aromatic carbocycles. The van der Waals surface area contributed by atoms with Crippen molar-refractivity contribution in [3.05, 3.63) is 119 Å². The highest BCUT2D eigenvalue weighted by Crippen LogP contribution is 2.30. The third kappa shape index (κ3) is 4.99. The van der Waals surface area contributed by atoms with Gasteiger partial charge < -0.3 is 20.2 Å². The lowest BCUT2D eigenvalue weighted by molar-refractivity contribution is -0.253. The molecule has 0 aliphatic carbocycles. The lowest BCUT2D eigenvalue weighted by Gasteiger charge is -2.12. The van der Waals surface area contributed by atoms with Crippen LogP contribution in [-0.2, 0) is 11.5 Å². The monoisotopic (exact) mass is 608 g/mol. The Kier molecular flexibility index (Phi) is 7.20. The van der Waals surface area contributed by atoms with Crippen LogP contribution >= 0.6 is 0 Å². The van der Waals surface area contributed by atoms with E-state index in [2.05, 4.69) is 25.1 Å². The highest BCUT2D eigenvalue weighted by Gasteiger charge is 2.28. The largest absolute Gasteiger partial charge is 0.494 e. The minimum absolute atomic E-state index is 0.0137. The molecule has 0 bridgehead atoms. The highest BCUT2D eigenvalue weighted by atomic mass is 17.1. The molecule has 226 valence electrons. The molecule has 3 aliphatic rings. The van der Waals surface area contributed by atoms with Gasteiger partial charge in [0.1, 0.15) is 6.61 Å². The number of carbonyl (C=O) groups is 2. The van der Waals surface area contributed by atoms with Gasteiger partial charge in [-0.3, -0.25) is 19.6 Å². The Labute approximate surface area is 252 Å². The van der Waals surface area contributed by atoms with E-state index in [1.54, 1.807) is 38.1 Å². The average molecular weight is 609 g/mol. The Balaban J connectivity index is 1.34. The van der Waals surface area contributed by atoms with Gasteiger partial charge in [-0.05, 0) is 79.1 Å². The zero-order valence-corrected chi connectivity index (χ0v) is 23.7. The number of aromatic nitrogens is 4. The second-order valence-electron chi connectivity index (χ2n) is 10.2. The number of anilines is 1. The SMILES string of the molecule is Cc1c(/C=C/C=c2/c(C)c3c([nH]c2=O)=NN(c2ccc(COO)cc2)C3=O)c(O)[nH]c2nn(-c3ccc(C(=O)O)cc3)c(=O)c1-2. The van der Waals surface area contributed by atoms with Crippen molar-refractivity contribution < 1.29 is 29.9 Å². The molecular weight excluding hydrogens is 584 g/mol. The molecule has 3 aromatic rings. The summed E-state index contributed by atoms with van der Waals surface area (Å²) in [5.74, 6) is -1.67. The third-order valence-corrected chi connectivity index (χ3v) is 7.51. The first kappa shape index (κ1) is 29.0. The number of nitrogens with one attached hydrogen (secondary N) is 2. The zero-order valence-electron chi connectivity index (χ0n) is 23.7. The molecular formula is C31H24N6O8. The van der Waals surface area contributed by atoms with E-state index in [4.69, 9.17) is 10.4 Å². The van der Waals surface area contributed by atoms with Crippen LogP contribution in [0.1, 0.15) is 43.0 Å². The topological polar surface area (TPSA) is 203 Å². The van der Waals surface area contributed by atoms with Crippen molar-refractivity contribution in [2.24, 2.45) is 5.10 Å². The molecule has 1 aromatic heterocycles. The molecule has 14 heteroatoms. The Bertz CT molecular complexity index is 2250. The number of aromatic amines is 2. The molecule has 0 spiro atoms. The number of rotatable bonds is 7. The summed E-state index contributed by atoms with van der Waals surface area (Å²) in [6.45, 7) is 3.26. The van der Waals surface area contributed by atoms with Crippen LogP contribution in [0.15, 0.2) is 69.3 Å². The molecule has 1 amide bonds. The number of amides is 1. The van der Waals surface area contributed by atoms with Gasteiger partial charge in [0.25, 0.3) is 17.0 Å². The number of nitrogens with zero attached hydrogens (tertiary/aromatic N) is 4. The first-order valence-electron chi connectivity index (χ1n) is 13.5. The number of hydrogen-bond acceptors (Lipinski definition) is 9. The summed E-state index contributed by atoms with van der Waals surface area (Å²) in [5, 5.41) is 38.4. The van der Waals surface area contributed by atoms with Crippen LogP contribution in [0, 0.1) is 13.8 Å². The minimum atomic E-state index is -1.10. The van der Waals surface area contributed by atoms with Crippen molar-refractivity contribution >= 4 is 29.7 Å². The fraction of sp³-hybridized carbons (Fsp3) is 0.0968. The van der Waals surface area contributed by atoms with Gasteiger partial charge in [0.2, 0.25) is 0 Å². The number of aromatic carboxylic acids is 1. The Morgan fingerprint density at radius 3 is 2.31 bits per heavy atom. The van der Waals surface area contributed by atoms with Gasteiger partial charge in [0.15, 0.2) is 17.2 Å². The Morgan fingerprint density at radius 1 is 0.956 bits per heavy atom. The predicted molar refractivity (Wildman–Crippen MR) is 161 cm³/mol. The summed E-state index contributed by atoms with van der Waals surface area (Å²) in [5.41, 5.74) is 2.25. The molecule has 6 rings (SSSR count). The van der Waals surface area contributed by atoms with Crippen molar-refractivity contribution in [3.63, 3.8) is 0 Å². The molecule has 0 radical (unpaired) electrons. The van der Waals surface area contributed by atoms with Gasteiger partial charge in [-0.25, -0.2) is 9.68 Å². The van der Waals surface area contributed by atoms with E-state index in [9.17, 15) is 24.3 Å². The van der Waals surface area contributed by atoms with Crippen molar-refractivity contribution in [3.8, 4) is 23.0 Å². The summed E-state index contributed by atoms with van der Waals surface area (Å²) in [4.78, 5) is 60.2. The van der Waals surface area contributed by atoms with Crippen LogP contribution in [0.4, 0.5) is 5.69 Å². The van der Waals surface area contributed by atoms with Crippen LogP contribution < -0.4 is 26.8 Å². The molecule has 14 nitrogen and oxygen atoms in total. The summed E-state index contributed by atoms with van der Waals surface area (Å²) >= 11 is 0. The number of fused-ring (bicyclic) bond motifs is 2. The lowest BCUT2D eigenvalue weighted by atomic mass is 10.0. The fourth-order valence-electron chi connectivity index (χ4n) is 5.18. The molecule has 0 atom stereocenters. The van der Waals surface area contributed by atoms with Crippen LogP contribution in [0.2, 0.25) is 0 Å². The fourth-order valence-corrected chi connectivity index (χ4v) is 5.18. The predicted octanol–water partition coefficient (Wildman–Crippen LogP) is 2.05. The molecule has 0 saturated carbocycles. The zero-order chi connectivity index (χ0) is 32.0. The van der Waals surface area contributed by atoms with E-state index < -0.39 is 23.0 Å². The number of carbonyl (C=O) groups excluding carboxylic acids is 1. The van der Waals surface area contributed by atoms with Crippen molar-refractivity contribution in [2.45, 2.75) is 20.5 Å². The molecule has 5 N–H and O–H groups in total. The summed E-state index contributed by atoms with van der Waals surface area (Å²) in [6.07, 6.45) is 4.52. The molecule has 0 fully saturated rings. The maximum atomic E-state index is 13.3. The third-order valence-electron chi connectivity index (χ3n) is 7.51. The van der Waals surface area contributed by atoms with E-state index in [1.165, 1.54) is 47.5 Å². The van der Waals surface area contributed by atoms with Gasteiger partial charge >= 0.3 is 5.97 Å². The highest BCUT2D eigenvalue weighted by molar-refractivity contribution is 6.08. The van der Waals surface area contributed by atoms with E-state index in [1.807, 2.05) is 0 Å². The van der Waals surface area contributed by atoms with Gasteiger partial charge in [-0.1, -0.05) is 18.2 Å². The van der Waals surface area contributed by atoms with Crippen LogP contribution in [0.3, 0.4) is 0 Å². The number of carboxylic acid groups (broad SMARTS) is 1. The normalized spacial score (nSPS) is 13.2. The lowest BCUT2D eigenvalue weighted by Crippen LogP contribution is -2.38. The second-order valence-corrected chi connectivity index (χ2v) is 10.2. The van der Waals surface area contributed by atoms with Gasteiger partial charge in [-0.15, -0.1) is 10.2 Å². The Morgan fingerprint density at radius 2 is 1.64 bits per heavy atom. The smallest absolute Gasteiger partial charge is 0.335 e. The molecule has 3 aliphatic heterocycles. The summed E-state index contributed by atoms with van der Waals surface area (Å²) < 4.78 is 1.11.